The van der Waals surface area contributed by atoms with Gasteiger partial charge in [0.05, 0.1) is 6.61 Å². The Morgan fingerprint density at radius 3 is 2.65 bits per heavy atom. The number of hydrogen-bond acceptors (Lipinski definition) is 2. The van der Waals surface area contributed by atoms with Crippen LogP contribution in [-0.4, -0.2) is 18.6 Å². The second kappa shape index (κ2) is 6.86. The van der Waals surface area contributed by atoms with E-state index in [-0.39, 0.29) is 11.9 Å². The molecule has 0 bridgehead atoms. The molecule has 120 valence electrons. The number of nitrogens with zero attached hydrogens (tertiary/aromatic N) is 1. The quantitative estimate of drug-likeness (QED) is 0.763. The van der Waals surface area contributed by atoms with Crippen molar-refractivity contribution in [3.63, 3.8) is 0 Å². The predicted octanol–water partition coefficient (Wildman–Crippen LogP) is 4.46. The van der Waals surface area contributed by atoms with E-state index < -0.39 is 0 Å². The zero-order valence-corrected chi connectivity index (χ0v) is 13.8. The molecular formula is C20H23NO2. The van der Waals surface area contributed by atoms with Gasteiger partial charge in [-0.25, -0.2) is 0 Å². The van der Waals surface area contributed by atoms with Crippen molar-refractivity contribution in [2.75, 3.05) is 11.5 Å². The lowest BCUT2D eigenvalue weighted by atomic mass is 10.1. The molecule has 23 heavy (non-hydrogen) atoms. The summed E-state index contributed by atoms with van der Waals surface area (Å²) in [4.78, 5) is 14.8. The van der Waals surface area contributed by atoms with E-state index in [4.69, 9.17) is 4.74 Å². The van der Waals surface area contributed by atoms with Gasteiger partial charge in [0.15, 0.2) is 0 Å². The molecule has 0 N–H and O–H groups in total. The lowest BCUT2D eigenvalue weighted by Gasteiger charge is -2.23. The van der Waals surface area contributed by atoms with E-state index in [1.165, 1.54) is 5.56 Å². The van der Waals surface area contributed by atoms with Gasteiger partial charge < -0.3 is 9.64 Å². The largest absolute Gasteiger partial charge is 0.494 e. The summed E-state index contributed by atoms with van der Waals surface area (Å²) in [6.45, 7) is 4.96. The van der Waals surface area contributed by atoms with E-state index in [9.17, 15) is 4.79 Å². The Bertz CT molecular complexity index is 678. The fourth-order valence-electron chi connectivity index (χ4n) is 3.04. The highest BCUT2D eigenvalue weighted by molar-refractivity contribution is 6.07. The summed E-state index contributed by atoms with van der Waals surface area (Å²) in [5.41, 5.74) is 2.98. The van der Waals surface area contributed by atoms with E-state index in [0.29, 0.717) is 5.56 Å². The number of anilines is 1. The van der Waals surface area contributed by atoms with Gasteiger partial charge >= 0.3 is 0 Å². The van der Waals surface area contributed by atoms with Crippen LogP contribution in [0.15, 0.2) is 48.5 Å². The number of para-hydroxylation sites is 1. The van der Waals surface area contributed by atoms with Crippen LogP contribution in [0.25, 0.3) is 0 Å². The molecule has 0 fully saturated rings. The molecule has 0 unspecified atom stereocenters. The summed E-state index contributed by atoms with van der Waals surface area (Å²) in [6.07, 6.45) is 3.08. The molecule has 2 aromatic rings. The van der Waals surface area contributed by atoms with Crippen molar-refractivity contribution in [2.45, 2.75) is 39.2 Å². The molecule has 0 saturated heterocycles. The van der Waals surface area contributed by atoms with Crippen LogP contribution < -0.4 is 9.64 Å². The summed E-state index contributed by atoms with van der Waals surface area (Å²) < 4.78 is 5.66. The number of ether oxygens (including phenoxy) is 1. The second-order valence-corrected chi connectivity index (χ2v) is 6.08. The van der Waals surface area contributed by atoms with Crippen molar-refractivity contribution in [3.05, 3.63) is 59.7 Å². The van der Waals surface area contributed by atoms with Crippen LogP contribution in [0.1, 0.15) is 42.6 Å². The highest BCUT2D eigenvalue weighted by Gasteiger charge is 2.31. The SMILES string of the molecule is CCCCOc1ccc(C(=O)N2c3ccccc3C[C@@H]2C)cc1. The molecular weight excluding hydrogens is 286 g/mol. The minimum absolute atomic E-state index is 0.0579. The smallest absolute Gasteiger partial charge is 0.258 e. The van der Waals surface area contributed by atoms with Gasteiger partial charge in [0, 0.05) is 17.3 Å². The van der Waals surface area contributed by atoms with E-state index >= 15 is 0 Å². The molecule has 1 amide bonds. The Hall–Kier alpha value is -2.29. The van der Waals surface area contributed by atoms with Gasteiger partial charge in [-0.2, -0.15) is 0 Å². The first-order valence-electron chi connectivity index (χ1n) is 8.35. The fourth-order valence-corrected chi connectivity index (χ4v) is 3.04. The summed E-state index contributed by atoms with van der Waals surface area (Å²) >= 11 is 0. The van der Waals surface area contributed by atoms with Crippen molar-refractivity contribution in [1.82, 2.24) is 0 Å². The number of rotatable bonds is 5. The molecule has 0 radical (unpaired) electrons. The number of carbonyl (C=O) groups is 1. The summed E-state index contributed by atoms with van der Waals surface area (Å²) in [5.74, 6) is 0.882. The average molecular weight is 309 g/mol. The average Bonchev–Trinajstić information content (AvgIpc) is 2.91. The molecule has 0 aliphatic carbocycles. The van der Waals surface area contributed by atoms with Crippen LogP contribution in [0.4, 0.5) is 5.69 Å². The Balaban J connectivity index is 1.76. The molecule has 1 aliphatic heterocycles. The highest BCUT2D eigenvalue weighted by atomic mass is 16.5. The maximum Gasteiger partial charge on any atom is 0.258 e. The Labute approximate surface area is 137 Å². The third kappa shape index (κ3) is 3.24. The van der Waals surface area contributed by atoms with Crippen LogP contribution >= 0.6 is 0 Å². The molecule has 0 spiro atoms. The van der Waals surface area contributed by atoms with Gasteiger partial charge in [-0.1, -0.05) is 31.5 Å². The predicted molar refractivity (Wildman–Crippen MR) is 93.3 cm³/mol. The zero-order chi connectivity index (χ0) is 16.2. The Morgan fingerprint density at radius 1 is 1.17 bits per heavy atom. The Morgan fingerprint density at radius 2 is 1.91 bits per heavy atom. The minimum Gasteiger partial charge on any atom is -0.494 e. The van der Waals surface area contributed by atoms with E-state index in [2.05, 4.69) is 19.9 Å². The lowest BCUT2D eigenvalue weighted by molar-refractivity contribution is 0.0981. The first-order chi connectivity index (χ1) is 11.2. The summed E-state index contributed by atoms with van der Waals surface area (Å²) in [5, 5.41) is 0. The molecule has 3 rings (SSSR count). The number of amides is 1. The van der Waals surface area contributed by atoms with Crippen molar-refractivity contribution in [1.29, 1.82) is 0 Å². The summed E-state index contributed by atoms with van der Waals surface area (Å²) in [7, 11) is 0. The second-order valence-electron chi connectivity index (χ2n) is 6.08. The van der Waals surface area contributed by atoms with Gasteiger partial charge in [-0.05, 0) is 55.7 Å². The van der Waals surface area contributed by atoms with Gasteiger partial charge in [0.2, 0.25) is 0 Å². The van der Waals surface area contributed by atoms with Gasteiger partial charge in [0.25, 0.3) is 5.91 Å². The molecule has 2 aromatic carbocycles. The summed E-state index contributed by atoms with van der Waals surface area (Å²) in [6, 6.07) is 15.8. The molecule has 0 saturated carbocycles. The molecule has 3 nitrogen and oxygen atoms in total. The molecule has 3 heteroatoms. The van der Waals surface area contributed by atoms with Gasteiger partial charge in [-0.3, -0.25) is 4.79 Å². The standard InChI is InChI=1S/C20H23NO2/c1-3-4-13-23-18-11-9-16(10-12-18)20(22)21-15(2)14-17-7-5-6-8-19(17)21/h5-12,15H,3-4,13-14H2,1-2H3/t15-/m0/s1. The topological polar surface area (TPSA) is 29.5 Å². The first-order valence-corrected chi connectivity index (χ1v) is 8.35. The molecule has 1 atom stereocenters. The maximum atomic E-state index is 12.9. The third-order valence-corrected chi connectivity index (χ3v) is 4.29. The maximum absolute atomic E-state index is 12.9. The normalized spacial score (nSPS) is 16.3. The highest BCUT2D eigenvalue weighted by Crippen LogP contribution is 2.33. The first kappa shape index (κ1) is 15.6. The number of unbranched alkanes of at least 4 members (excludes halogenated alkanes) is 1. The van der Waals surface area contributed by atoms with Crippen LogP contribution in [-0.2, 0) is 6.42 Å². The van der Waals surface area contributed by atoms with Crippen molar-refractivity contribution in [3.8, 4) is 5.75 Å². The minimum atomic E-state index is 0.0579. The van der Waals surface area contributed by atoms with Crippen LogP contribution in [0.5, 0.6) is 5.75 Å². The van der Waals surface area contributed by atoms with Crippen molar-refractivity contribution in [2.24, 2.45) is 0 Å². The lowest BCUT2D eigenvalue weighted by Crippen LogP contribution is -2.35. The molecule has 0 aromatic heterocycles. The van der Waals surface area contributed by atoms with E-state index in [1.54, 1.807) is 0 Å². The number of benzene rings is 2. The molecule has 1 aliphatic rings. The van der Waals surface area contributed by atoms with Crippen LogP contribution in [0, 0.1) is 0 Å². The van der Waals surface area contributed by atoms with Crippen LogP contribution in [0.2, 0.25) is 0 Å². The number of carbonyl (C=O) groups excluding carboxylic acids is 1. The number of fused-ring (bicyclic) bond motifs is 1. The Kier molecular flexibility index (Phi) is 4.65. The monoisotopic (exact) mass is 309 g/mol. The van der Waals surface area contributed by atoms with E-state index in [1.807, 2.05) is 47.4 Å². The van der Waals surface area contributed by atoms with E-state index in [0.717, 1.165) is 37.3 Å². The molecule has 1 heterocycles. The van der Waals surface area contributed by atoms with Gasteiger partial charge in [0.1, 0.15) is 5.75 Å². The third-order valence-electron chi connectivity index (χ3n) is 4.29. The van der Waals surface area contributed by atoms with Crippen molar-refractivity contribution >= 4 is 11.6 Å². The van der Waals surface area contributed by atoms with Crippen LogP contribution in [0.3, 0.4) is 0 Å². The van der Waals surface area contributed by atoms with Gasteiger partial charge in [-0.15, -0.1) is 0 Å². The zero-order valence-electron chi connectivity index (χ0n) is 13.8. The van der Waals surface area contributed by atoms with Crippen molar-refractivity contribution < 1.29 is 9.53 Å². The fraction of sp³-hybridized carbons (Fsp3) is 0.350. The number of hydrogen-bond donors (Lipinski definition) is 0.